The molecule has 2 aromatic heterocycles. The molecular weight excluding hydrogens is 476 g/mol. The first-order valence-electron chi connectivity index (χ1n) is 12.0. The Morgan fingerprint density at radius 3 is 2.27 bits per heavy atom. The first kappa shape index (κ1) is 24.6. The fourth-order valence-corrected chi connectivity index (χ4v) is 4.58. The van der Waals surface area contributed by atoms with E-state index in [1.165, 1.54) is 21.3 Å². The van der Waals surface area contributed by atoms with Gasteiger partial charge in [-0.15, -0.1) is 0 Å². The van der Waals surface area contributed by atoms with Crippen LogP contribution in [0, 0.1) is 0 Å². The summed E-state index contributed by atoms with van der Waals surface area (Å²) in [7, 11) is 4.56. The number of methoxy groups -OCH3 is 3. The number of nitrogens with two attached hydrogens (primary N) is 1. The van der Waals surface area contributed by atoms with Crippen LogP contribution in [0.5, 0.6) is 17.2 Å². The average molecular weight is 507 g/mol. The Bertz CT molecular complexity index is 1420. The number of nitrogen functional groups attached to an aromatic ring is 1. The predicted octanol–water partition coefficient (Wildman–Crippen LogP) is 2.78. The zero-order valence-corrected chi connectivity index (χ0v) is 21.1. The van der Waals surface area contributed by atoms with Crippen molar-refractivity contribution in [1.82, 2.24) is 19.4 Å². The number of rotatable bonds is 8. The van der Waals surface area contributed by atoms with Crippen molar-refractivity contribution in [1.29, 1.82) is 0 Å². The normalized spacial score (nSPS) is 14.1. The van der Waals surface area contributed by atoms with Crippen LogP contribution >= 0.6 is 0 Å². The summed E-state index contributed by atoms with van der Waals surface area (Å²) in [6.07, 6.45) is 0. The molecule has 0 radical (unpaired) electrons. The van der Waals surface area contributed by atoms with E-state index in [1.807, 2.05) is 28.8 Å². The van der Waals surface area contributed by atoms with Crippen LogP contribution in [0.25, 0.3) is 22.2 Å². The van der Waals surface area contributed by atoms with Gasteiger partial charge in [-0.2, -0.15) is 0 Å². The van der Waals surface area contributed by atoms with Crippen LogP contribution in [0.15, 0.2) is 36.4 Å². The van der Waals surface area contributed by atoms with Crippen molar-refractivity contribution < 1.29 is 23.7 Å². The van der Waals surface area contributed by atoms with Gasteiger partial charge in [-0.3, -0.25) is 9.69 Å². The van der Waals surface area contributed by atoms with Crippen LogP contribution in [0.2, 0.25) is 0 Å². The monoisotopic (exact) mass is 506 g/mol. The van der Waals surface area contributed by atoms with E-state index in [2.05, 4.69) is 10.2 Å². The zero-order valence-electron chi connectivity index (χ0n) is 21.1. The number of carbonyl (C=O) groups is 1. The van der Waals surface area contributed by atoms with Crippen molar-refractivity contribution in [3.05, 3.63) is 42.0 Å². The maximum Gasteiger partial charge on any atom is 0.261 e. The van der Waals surface area contributed by atoms with Gasteiger partial charge in [0.1, 0.15) is 16.9 Å². The molecule has 1 saturated heterocycles. The zero-order chi connectivity index (χ0) is 25.9. The largest absolute Gasteiger partial charge is 0.493 e. The number of amides is 1. The minimum Gasteiger partial charge on any atom is -0.493 e. The Balaban J connectivity index is 1.55. The first-order valence-corrected chi connectivity index (χ1v) is 12.0. The molecule has 0 saturated carbocycles. The van der Waals surface area contributed by atoms with Crippen LogP contribution in [0.4, 0.5) is 11.5 Å². The van der Waals surface area contributed by atoms with Crippen LogP contribution in [-0.4, -0.2) is 79.5 Å². The third kappa shape index (κ3) is 4.70. The van der Waals surface area contributed by atoms with Gasteiger partial charge in [-0.25, -0.2) is 9.97 Å². The highest BCUT2D eigenvalue weighted by atomic mass is 16.5. The van der Waals surface area contributed by atoms with Crippen LogP contribution in [-0.2, 0) is 11.3 Å². The number of benzene rings is 2. The molecule has 5 rings (SSSR count). The molecule has 11 heteroatoms. The lowest BCUT2D eigenvalue weighted by Gasteiger charge is -2.26. The summed E-state index contributed by atoms with van der Waals surface area (Å²) in [5.74, 6) is 1.17. The number of hydrogen-bond acceptors (Lipinski definition) is 9. The van der Waals surface area contributed by atoms with Crippen molar-refractivity contribution in [2.24, 2.45) is 0 Å². The second kappa shape index (κ2) is 10.5. The molecule has 0 unspecified atom stereocenters. The lowest BCUT2D eigenvalue weighted by atomic mass is 10.2. The van der Waals surface area contributed by atoms with Crippen molar-refractivity contribution >= 4 is 39.6 Å². The number of hydrogen-bond donors (Lipinski definition) is 2. The lowest BCUT2D eigenvalue weighted by molar-refractivity contribution is 0.0366. The SMILES string of the molecule is COc1cc(NC(=O)c2c(N)n(CCN3CCOCC3)c3nc4ccccc4nc23)cc(OC)c1OC. The number of ether oxygens (including phenoxy) is 4. The summed E-state index contributed by atoms with van der Waals surface area (Å²) in [6, 6.07) is 10.9. The lowest BCUT2D eigenvalue weighted by Crippen LogP contribution is -2.38. The van der Waals surface area contributed by atoms with Crippen molar-refractivity contribution in [3.8, 4) is 17.2 Å². The van der Waals surface area contributed by atoms with E-state index in [0.717, 1.165) is 25.2 Å². The van der Waals surface area contributed by atoms with Gasteiger partial charge >= 0.3 is 0 Å². The molecule has 194 valence electrons. The third-order valence-corrected chi connectivity index (χ3v) is 6.48. The molecule has 1 aliphatic rings. The molecule has 1 fully saturated rings. The Labute approximate surface area is 214 Å². The highest BCUT2D eigenvalue weighted by molar-refractivity contribution is 6.16. The maximum atomic E-state index is 13.6. The molecule has 11 nitrogen and oxygen atoms in total. The van der Waals surface area contributed by atoms with E-state index in [9.17, 15) is 4.79 Å². The summed E-state index contributed by atoms with van der Waals surface area (Å²) in [6.45, 7) is 4.42. The molecule has 0 spiro atoms. The summed E-state index contributed by atoms with van der Waals surface area (Å²) in [5, 5.41) is 2.92. The van der Waals surface area contributed by atoms with Gasteiger partial charge in [0.15, 0.2) is 17.1 Å². The fourth-order valence-electron chi connectivity index (χ4n) is 4.58. The van der Waals surface area contributed by atoms with Gasteiger partial charge in [-0.05, 0) is 12.1 Å². The second-order valence-corrected chi connectivity index (χ2v) is 8.62. The first-order chi connectivity index (χ1) is 18.0. The standard InChI is InChI=1S/C26H30N6O5/c1-34-19-14-16(15-20(35-2)23(19)36-3)28-26(33)21-22-25(30-18-7-5-4-6-17(18)29-22)32(24(21)27)9-8-31-10-12-37-13-11-31/h4-7,14-15H,8-13,27H2,1-3H3,(H,28,33). The Morgan fingerprint density at radius 1 is 1.00 bits per heavy atom. The highest BCUT2D eigenvalue weighted by Gasteiger charge is 2.25. The molecule has 0 bridgehead atoms. The van der Waals surface area contributed by atoms with Gasteiger partial charge in [0.25, 0.3) is 5.91 Å². The number of nitrogens with zero attached hydrogens (tertiary/aromatic N) is 4. The summed E-state index contributed by atoms with van der Waals surface area (Å²) < 4.78 is 23.6. The van der Waals surface area contributed by atoms with Crippen molar-refractivity contribution in [3.63, 3.8) is 0 Å². The molecule has 37 heavy (non-hydrogen) atoms. The second-order valence-electron chi connectivity index (χ2n) is 8.62. The molecule has 1 amide bonds. The van der Waals surface area contributed by atoms with Crippen LogP contribution in [0.1, 0.15) is 10.4 Å². The third-order valence-electron chi connectivity index (χ3n) is 6.48. The molecule has 1 aliphatic heterocycles. The van der Waals surface area contributed by atoms with Crippen molar-refractivity contribution in [2.75, 3.05) is 65.2 Å². The van der Waals surface area contributed by atoms with E-state index >= 15 is 0 Å². The summed E-state index contributed by atoms with van der Waals surface area (Å²) >= 11 is 0. The minimum absolute atomic E-state index is 0.268. The minimum atomic E-state index is -0.411. The molecular formula is C26H30N6O5. The van der Waals surface area contributed by atoms with Crippen LogP contribution < -0.4 is 25.3 Å². The number of nitrogens with one attached hydrogen (secondary N) is 1. The van der Waals surface area contributed by atoms with Gasteiger partial charge in [0.2, 0.25) is 5.75 Å². The highest BCUT2D eigenvalue weighted by Crippen LogP contribution is 2.40. The van der Waals surface area contributed by atoms with Crippen LogP contribution in [0.3, 0.4) is 0 Å². The molecule has 3 heterocycles. The molecule has 0 aliphatic carbocycles. The maximum absolute atomic E-state index is 13.6. The van der Waals surface area contributed by atoms with E-state index in [1.54, 1.807) is 12.1 Å². The Morgan fingerprint density at radius 2 is 1.65 bits per heavy atom. The number of aromatic nitrogens is 3. The molecule has 4 aromatic rings. The van der Waals surface area contributed by atoms with Gasteiger partial charge < -0.3 is 34.6 Å². The number of morpholine rings is 1. The van der Waals surface area contributed by atoms with E-state index in [4.69, 9.17) is 34.6 Å². The Hall–Kier alpha value is -4.09. The average Bonchev–Trinajstić information content (AvgIpc) is 3.20. The molecule has 2 aromatic carbocycles. The number of fused-ring (bicyclic) bond motifs is 2. The van der Waals surface area contributed by atoms with Crippen molar-refractivity contribution in [2.45, 2.75) is 6.54 Å². The fraction of sp³-hybridized carbons (Fsp3) is 0.346. The van der Waals surface area contributed by atoms with E-state index < -0.39 is 5.91 Å². The van der Waals surface area contributed by atoms with Gasteiger partial charge in [0, 0.05) is 44.0 Å². The smallest absolute Gasteiger partial charge is 0.261 e. The molecule has 0 atom stereocenters. The van der Waals surface area contributed by atoms with Gasteiger partial charge in [0.05, 0.1) is 45.6 Å². The quantitative estimate of drug-likeness (QED) is 0.371. The number of anilines is 2. The summed E-state index contributed by atoms with van der Waals surface area (Å²) in [5.41, 5.74) is 9.78. The summed E-state index contributed by atoms with van der Waals surface area (Å²) in [4.78, 5) is 25.6. The van der Waals surface area contributed by atoms with Gasteiger partial charge in [-0.1, -0.05) is 12.1 Å². The number of para-hydroxylation sites is 2. The molecule has 3 N–H and O–H groups in total. The van der Waals surface area contributed by atoms with E-state index in [-0.39, 0.29) is 5.56 Å². The van der Waals surface area contributed by atoms with E-state index in [0.29, 0.717) is 65.2 Å². The predicted molar refractivity (Wildman–Crippen MR) is 141 cm³/mol. The Kier molecular flexibility index (Phi) is 6.97. The topological polar surface area (TPSA) is 126 Å². The number of carbonyl (C=O) groups excluding carboxylic acids is 1.